The molecule has 19 heavy (non-hydrogen) atoms. The SMILES string of the molecule is c1ccc(SCCC2CCCC2CNC2CC2)cc1. The molecule has 1 aromatic rings. The van der Waals surface area contributed by atoms with Crippen LogP contribution in [0, 0.1) is 11.8 Å². The topological polar surface area (TPSA) is 12.0 Å². The summed E-state index contributed by atoms with van der Waals surface area (Å²) in [6.07, 6.45) is 8.61. The van der Waals surface area contributed by atoms with Crippen molar-refractivity contribution >= 4 is 11.8 Å². The van der Waals surface area contributed by atoms with Crippen LogP contribution >= 0.6 is 11.8 Å². The Hall–Kier alpha value is -0.470. The summed E-state index contributed by atoms with van der Waals surface area (Å²) in [6.45, 7) is 1.28. The molecule has 2 aliphatic rings. The van der Waals surface area contributed by atoms with Crippen molar-refractivity contribution in [1.82, 2.24) is 5.32 Å². The first-order chi connectivity index (χ1) is 9.42. The molecule has 2 saturated carbocycles. The molecule has 0 saturated heterocycles. The summed E-state index contributed by atoms with van der Waals surface area (Å²) >= 11 is 2.03. The highest BCUT2D eigenvalue weighted by molar-refractivity contribution is 7.99. The van der Waals surface area contributed by atoms with Crippen LogP contribution in [-0.4, -0.2) is 18.3 Å². The fraction of sp³-hybridized carbons (Fsp3) is 0.647. The number of thioether (sulfide) groups is 1. The minimum absolute atomic E-state index is 0.875. The summed E-state index contributed by atoms with van der Waals surface area (Å²) in [5.41, 5.74) is 0. The lowest BCUT2D eigenvalue weighted by Crippen LogP contribution is -2.27. The average molecular weight is 275 g/mol. The molecule has 2 fully saturated rings. The molecule has 1 aromatic carbocycles. The molecular formula is C17H25NS. The van der Waals surface area contributed by atoms with Gasteiger partial charge in [-0.15, -0.1) is 11.8 Å². The maximum Gasteiger partial charge on any atom is 0.00719 e. The lowest BCUT2D eigenvalue weighted by Gasteiger charge is -2.20. The van der Waals surface area contributed by atoms with E-state index in [4.69, 9.17) is 0 Å². The van der Waals surface area contributed by atoms with E-state index in [1.54, 1.807) is 0 Å². The fourth-order valence-corrected chi connectivity index (χ4v) is 4.22. The van der Waals surface area contributed by atoms with Crippen LogP contribution in [0.25, 0.3) is 0 Å². The molecule has 2 heteroatoms. The Kier molecular flexibility index (Phi) is 4.84. The standard InChI is InChI=1S/C17H25NS/c1-2-7-17(8-3-1)19-12-11-14-5-4-6-15(14)13-18-16-9-10-16/h1-3,7-8,14-16,18H,4-6,9-13H2. The third-order valence-electron chi connectivity index (χ3n) is 4.56. The third-order valence-corrected chi connectivity index (χ3v) is 5.61. The monoisotopic (exact) mass is 275 g/mol. The van der Waals surface area contributed by atoms with Gasteiger partial charge in [0, 0.05) is 10.9 Å². The zero-order valence-corrected chi connectivity index (χ0v) is 12.5. The molecule has 0 aromatic heterocycles. The summed E-state index contributed by atoms with van der Waals surface area (Å²) in [5.74, 6) is 3.22. The molecule has 1 nitrogen and oxygen atoms in total. The van der Waals surface area contributed by atoms with Gasteiger partial charge in [0.2, 0.25) is 0 Å². The number of benzene rings is 1. The molecule has 0 aliphatic heterocycles. The van der Waals surface area contributed by atoms with Crippen molar-refractivity contribution in [2.24, 2.45) is 11.8 Å². The zero-order chi connectivity index (χ0) is 12.9. The van der Waals surface area contributed by atoms with Crippen LogP contribution in [-0.2, 0) is 0 Å². The van der Waals surface area contributed by atoms with Gasteiger partial charge in [-0.05, 0) is 61.9 Å². The van der Waals surface area contributed by atoms with Gasteiger partial charge in [-0.25, -0.2) is 0 Å². The molecule has 3 rings (SSSR count). The molecule has 0 heterocycles. The Bertz CT molecular complexity index is 374. The number of hydrogen-bond acceptors (Lipinski definition) is 2. The summed E-state index contributed by atoms with van der Waals surface area (Å²) in [7, 11) is 0. The molecule has 1 N–H and O–H groups in total. The highest BCUT2D eigenvalue weighted by Gasteiger charge is 2.29. The first-order valence-corrected chi connectivity index (χ1v) is 8.81. The summed E-state index contributed by atoms with van der Waals surface area (Å²) in [4.78, 5) is 1.42. The van der Waals surface area contributed by atoms with Crippen LogP contribution in [0.5, 0.6) is 0 Å². The lowest BCUT2D eigenvalue weighted by atomic mass is 9.93. The molecule has 104 valence electrons. The van der Waals surface area contributed by atoms with Crippen molar-refractivity contribution in [3.63, 3.8) is 0 Å². The van der Waals surface area contributed by atoms with Crippen LogP contribution in [0.3, 0.4) is 0 Å². The van der Waals surface area contributed by atoms with Crippen molar-refractivity contribution in [3.05, 3.63) is 30.3 Å². The Balaban J connectivity index is 1.38. The second kappa shape index (κ2) is 6.81. The summed E-state index contributed by atoms with van der Waals surface area (Å²) in [5, 5.41) is 3.73. The van der Waals surface area contributed by atoms with Gasteiger partial charge >= 0.3 is 0 Å². The van der Waals surface area contributed by atoms with Gasteiger partial charge < -0.3 is 5.32 Å². The second-order valence-corrected chi connectivity index (χ2v) is 7.25. The van der Waals surface area contributed by atoms with Crippen molar-refractivity contribution < 1.29 is 0 Å². The number of rotatable bonds is 7. The smallest absolute Gasteiger partial charge is 0.00719 e. The van der Waals surface area contributed by atoms with Gasteiger partial charge in [-0.2, -0.15) is 0 Å². The third kappa shape index (κ3) is 4.25. The van der Waals surface area contributed by atoms with E-state index in [1.807, 2.05) is 11.8 Å². The second-order valence-electron chi connectivity index (χ2n) is 6.08. The molecule has 0 bridgehead atoms. The minimum atomic E-state index is 0.875. The largest absolute Gasteiger partial charge is 0.314 e. The fourth-order valence-electron chi connectivity index (χ4n) is 3.21. The Morgan fingerprint density at radius 1 is 1.00 bits per heavy atom. The van der Waals surface area contributed by atoms with Gasteiger partial charge in [-0.1, -0.05) is 31.0 Å². The van der Waals surface area contributed by atoms with Crippen LogP contribution < -0.4 is 5.32 Å². The predicted molar refractivity (Wildman–Crippen MR) is 83.6 cm³/mol. The molecule has 0 spiro atoms. The van der Waals surface area contributed by atoms with Gasteiger partial charge in [-0.3, -0.25) is 0 Å². The Morgan fingerprint density at radius 3 is 2.58 bits per heavy atom. The highest BCUT2D eigenvalue weighted by atomic mass is 32.2. The van der Waals surface area contributed by atoms with E-state index >= 15 is 0 Å². The van der Waals surface area contributed by atoms with Crippen molar-refractivity contribution in [1.29, 1.82) is 0 Å². The van der Waals surface area contributed by atoms with Crippen LogP contribution in [0.15, 0.2) is 35.2 Å². The molecule has 2 aliphatic carbocycles. The van der Waals surface area contributed by atoms with E-state index in [9.17, 15) is 0 Å². The van der Waals surface area contributed by atoms with Gasteiger partial charge in [0.05, 0.1) is 0 Å². The maximum atomic E-state index is 3.73. The molecule has 2 unspecified atom stereocenters. The van der Waals surface area contributed by atoms with Gasteiger partial charge in [0.1, 0.15) is 0 Å². The lowest BCUT2D eigenvalue weighted by molar-refractivity contribution is 0.359. The molecular weight excluding hydrogens is 250 g/mol. The zero-order valence-electron chi connectivity index (χ0n) is 11.7. The van der Waals surface area contributed by atoms with Crippen molar-refractivity contribution in [3.8, 4) is 0 Å². The van der Waals surface area contributed by atoms with Crippen molar-refractivity contribution in [2.75, 3.05) is 12.3 Å². The maximum absolute atomic E-state index is 3.73. The highest BCUT2D eigenvalue weighted by Crippen LogP contribution is 2.35. The van der Waals surface area contributed by atoms with E-state index in [0.717, 1.165) is 17.9 Å². The normalized spacial score (nSPS) is 26.7. The Morgan fingerprint density at radius 2 is 1.79 bits per heavy atom. The first kappa shape index (κ1) is 13.5. The van der Waals surface area contributed by atoms with E-state index in [2.05, 4.69) is 35.6 Å². The van der Waals surface area contributed by atoms with Crippen LogP contribution in [0.1, 0.15) is 38.5 Å². The number of hydrogen-bond donors (Lipinski definition) is 1. The van der Waals surface area contributed by atoms with Crippen LogP contribution in [0.4, 0.5) is 0 Å². The van der Waals surface area contributed by atoms with E-state index in [0.29, 0.717) is 0 Å². The van der Waals surface area contributed by atoms with Gasteiger partial charge in [0.25, 0.3) is 0 Å². The van der Waals surface area contributed by atoms with Crippen LogP contribution in [0.2, 0.25) is 0 Å². The first-order valence-electron chi connectivity index (χ1n) is 7.83. The van der Waals surface area contributed by atoms with E-state index in [1.165, 1.54) is 55.7 Å². The quantitative estimate of drug-likeness (QED) is 0.743. The molecule has 2 atom stereocenters. The van der Waals surface area contributed by atoms with Gasteiger partial charge in [0.15, 0.2) is 0 Å². The van der Waals surface area contributed by atoms with Crippen molar-refractivity contribution in [2.45, 2.75) is 49.5 Å². The molecule has 0 radical (unpaired) electrons. The van der Waals surface area contributed by atoms with E-state index in [-0.39, 0.29) is 0 Å². The number of nitrogens with one attached hydrogen (secondary N) is 1. The summed E-state index contributed by atoms with van der Waals surface area (Å²) < 4.78 is 0. The summed E-state index contributed by atoms with van der Waals surface area (Å²) in [6, 6.07) is 11.7. The minimum Gasteiger partial charge on any atom is -0.314 e. The van der Waals surface area contributed by atoms with E-state index < -0.39 is 0 Å². The average Bonchev–Trinajstić information content (AvgIpc) is 3.17. The Labute approximate surface area is 121 Å². The molecule has 0 amide bonds. The predicted octanol–water partition coefficient (Wildman–Crippen LogP) is 4.34.